The van der Waals surface area contributed by atoms with Crippen molar-refractivity contribution < 1.29 is 9.59 Å². The van der Waals surface area contributed by atoms with E-state index in [1.54, 1.807) is 0 Å². The van der Waals surface area contributed by atoms with Gasteiger partial charge in [0.05, 0.1) is 0 Å². The molecule has 1 aromatic carbocycles. The topological polar surface area (TPSA) is 94.5 Å². The van der Waals surface area contributed by atoms with Gasteiger partial charge in [0.25, 0.3) is 5.24 Å². The molecule has 1 saturated heterocycles. The van der Waals surface area contributed by atoms with E-state index < -0.39 is 5.24 Å². The highest BCUT2D eigenvalue weighted by Crippen LogP contribution is 2.44. The molecular formula is C21H29N5O2S. The van der Waals surface area contributed by atoms with Crippen molar-refractivity contribution in [1.82, 2.24) is 20.1 Å². The second-order valence-corrected chi connectivity index (χ2v) is 9.12. The fourth-order valence-electron chi connectivity index (χ4n) is 5.04. The summed E-state index contributed by atoms with van der Waals surface area (Å²) in [6, 6.07) is 4.61. The molecule has 8 heteroatoms. The number of rotatable bonds is 4. The zero-order valence-electron chi connectivity index (χ0n) is 17.2. The molecule has 1 aromatic heterocycles. The van der Waals surface area contributed by atoms with Crippen LogP contribution >= 0.6 is 11.8 Å². The molecule has 1 aliphatic heterocycles. The summed E-state index contributed by atoms with van der Waals surface area (Å²) >= 11 is 1.07. The molecule has 0 spiro atoms. The van der Waals surface area contributed by atoms with Crippen LogP contribution in [0.5, 0.6) is 0 Å². The van der Waals surface area contributed by atoms with Gasteiger partial charge in [-0.25, -0.2) is 4.79 Å². The fourth-order valence-corrected chi connectivity index (χ4v) is 5.64. The largest absolute Gasteiger partial charge is 0.361 e. The Bertz CT molecular complexity index is 939. The van der Waals surface area contributed by atoms with E-state index in [1.165, 1.54) is 16.5 Å². The zero-order chi connectivity index (χ0) is 20.7. The van der Waals surface area contributed by atoms with Crippen molar-refractivity contribution in [3.63, 3.8) is 0 Å². The Morgan fingerprint density at radius 1 is 1.34 bits per heavy atom. The molecule has 29 heavy (non-hydrogen) atoms. The van der Waals surface area contributed by atoms with Crippen LogP contribution in [0, 0.1) is 0 Å². The molecule has 4 rings (SSSR count). The van der Waals surface area contributed by atoms with Crippen molar-refractivity contribution >= 4 is 33.9 Å². The summed E-state index contributed by atoms with van der Waals surface area (Å²) in [4.78, 5) is 32.5. The number of nitrogens with one attached hydrogen (secondary N) is 2. The molecule has 3 atom stereocenters. The van der Waals surface area contributed by atoms with Gasteiger partial charge in [-0.1, -0.05) is 0 Å². The number of urea groups is 1. The van der Waals surface area contributed by atoms with Gasteiger partial charge in [0.1, 0.15) is 0 Å². The number of thioether (sulfide) groups is 1. The number of piperidine rings is 1. The molecule has 2 aromatic rings. The van der Waals surface area contributed by atoms with Crippen molar-refractivity contribution in [3.05, 3.63) is 29.5 Å². The van der Waals surface area contributed by atoms with Gasteiger partial charge in [-0.15, -0.1) is 0 Å². The second kappa shape index (κ2) is 7.91. The summed E-state index contributed by atoms with van der Waals surface area (Å²) in [5.74, 6) is 0.301. The van der Waals surface area contributed by atoms with E-state index in [0.717, 1.165) is 41.6 Å². The monoisotopic (exact) mass is 415 g/mol. The number of likely N-dealkylation sites (N-methyl/N-ethyl adjacent to an activating group) is 1. The van der Waals surface area contributed by atoms with Crippen LogP contribution in [-0.2, 0) is 6.42 Å². The van der Waals surface area contributed by atoms with Gasteiger partial charge in [-0.2, -0.15) is 0 Å². The summed E-state index contributed by atoms with van der Waals surface area (Å²) in [5, 5.41) is 4.10. The molecular weight excluding hydrogens is 386 g/mol. The van der Waals surface area contributed by atoms with Crippen molar-refractivity contribution in [2.45, 2.75) is 49.6 Å². The fraction of sp³-hybridized carbons (Fsp3) is 0.524. The number of hydrogen-bond donors (Lipinski definition) is 3. The third kappa shape index (κ3) is 3.71. The molecule has 1 aliphatic carbocycles. The molecule has 2 aliphatic rings. The van der Waals surface area contributed by atoms with E-state index in [0.29, 0.717) is 25.0 Å². The molecule has 1 fully saturated rings. The minimum atomic E-state index is -0.402. The first kappa shape index (κ1) is 20.1. The lowest BCUT2D eigenvalue weighted by Gasteiger charge is -2.46. The van der Waals surface area contributed by atoms with E-state index >= 15 is 0 Å². The number of amides is 3. The summed E-state index contributed by atoms with van der Waals surface area (Å²) in [6.45, 7) is 6.25. The van der Waals surface area contributed by atoms with Gasteiger partial charge >= 0.3 is 6.03 Å². The predicted molar refractivity (Wildman–Crippen MR) is 116 cm³/mol. The van der Waals surface area contributed by atoms with E-state index in [4.69, 9.17) is 5.73 Å². The first-order valence-electron chi connectivity index (χ1n) is 10.3. The number of fused-ring (bicyclic) bond motifs is 2. The second-order valence-electron chi connectivity index (χ2n) is 8.04. The predicted octanol–water partition coefficient (Wildman–Crippen LogP) is 3.10. The van der Waals surface area contributed by atoms with Crippen LogP contribution in [0.25, 0.3) is 10.9 Å². The van der Waals surface area contributed by atoms with Crippen molar-refractivity contribution in [1.29, 1.82) is 0 Å². The Kier molecular flexibility index (Phi) is 5.48. The average Bonchev–Trinajstić information content (AvgIpc) is 3.07. The van der Waals surface area contributed by atoms with E-state index in [1.807, 2.05) is 24.8 Å². The molecule has 156 valence electrons. The van der Waals surface area contributed by atoms with Gasteiger partial charge in [0, 0.05) is 59.6 Å². The van der Waals surface area contributed by atoms with Crippen LogP contribution in [0.2, 0.25) is 0 Å². The smallest absolute Gasteiger partial charge is 0.317 e. The third-order valence-corrected chi connectivity index (χ3v) is 7.04. The molecule has 2 heterocycles. The number of nitrogens with zero attached hydrogens (tertiary/aromatic N) is 2. The Hall–Kier alpha value is -2.19. The molecule has 7 nitrogen and oxygen atoms in total. The number of likely N-dealkylation sites (tertiary alicyclic amines) is 1. The quantitative estimate of drug-likeness (QED) is 0.669. The minimum Gasteiger partial charge on any atom is -0.361 e. The maximum Gasteiger partial charge on any atom is 0.317 e. The van der Waals surface area contributed by atoms with E-state index in [-0.39, 0.29) is 12.1 Å². The molecule has 0 saturated carbocycles. The summed E-state index contributed by atoms with van der Waals surface area (Å²) in [7, 11) is 2.14. The number of hydrogen-bond acceptors (Lipinski definition) is 4. The Morgan fingerprint density at radius 2 is 2.10 bits per heavy atom. The SMILES string of the molecule is CCN(CC)C(=O)NC1C[C@@H]2c3cc(SC(N)=O)cc4[nH]cc(c34)C[C@H]2N(C)C1. The maximum absolute atomic E-state index is 12.6. The molecule has 1 unspecified atom stereocenters. The van der Waals surface area contributed by atoms with Crippen molar-refractivity contribution in [2.24, 2.45) is 5.73 Å². The van der Waals surface area contributed by atoms with Gasteiger partial charge in [-0.05, 0) is 68.8 Å². The lowest BCUT2D eigenvalue weighted by atomic mass is 9.74. The zero-order valence-corrected chi connectivity index (χ0v) is 18.0. The van der Waals surface area contributed by atoms with Crippen LogP contribution in [-0.4, -0.2) is 64.8 Å². The highest BCUT2D eigenvalue weighted by Gasteiger charge is 2.40. The molecule has 4 N–H and O–H groups in total. The molecule has 0 bridgehead atoms. The number of primary amides is 1. The van der Waals surface area contributed by atoms with Gasteiger partial charge < -0.3 is 25.8 Å². The summed E-state index contributed by atoms with van der Waals surface area (Å²) in [5.41, 5.74) is 9.05. The van der Waals surface area contributed by atoms with Crippen LogP contribution < -0.4 is 11.1 Å². The first-order chi connectivity index (χ1) is 13.9. The summed E-state index contributed by atoms with van der Waals surface area (Å²) < 4.78 is 0. The molecule has 0 radical (unpaired) electrons. The average molecular weight is 416 g/mol. The van der Waals surface area contributed by atoms with Gasteiger partial charge in [0.2, 0.25) is 0 Å². The number of aromatic nitrogens is 1. The Morgan fingerprint density at radius 3 is 2.79 bits per heavy atom. The standard InChI is InChI=1S/C21H29N5O2S/c1-4-26(5-2)21(28)24-13-7-15-16-8-14(29-20(22)27)9-17-19(16)12(10-23-17)6-18(15)25(3)11-13/h8-10,13,15,18,23H,4-7,11H2,1-3H3,(H2,22,27)(H,24,28)/t13?,15-,18-/m1/s1. The van der Waals surface area contributed by atoms with E-state index in [9.17, 15) is 9.59 Å². The number of carbonyl (C=O) groups is 2. The maximum atomic E-state index is 12.6. The number of carbonyl (C=O) groups excluding carboxylic acids is 2. The Labute approximate surface area is 175 Å². The van der Waals surface area contributed by atoms with Crippen LogP contribution in [0.4, 0.5) is 9.59 Å². The Balaban J connectivity index is 1.65. The van der Waals surface area contributed by atoms with Crippen LogP contribution in [0.1, 0.15) is 37.3 Å². The first-order valence-corrected chi connectivity index (χ1v) is 11.1. The molecule has 3 amide bonds. The number of benzene rings is 1. The van der Waals surface area contributed by atoms with Crippen LogP contribution in [0.3, 0.4) is 0 Å². The third-order valence-electron chi connectivity index (χ3n) is 6.37. The minimum absolute atomic E-state index is 0.00757. The highest BCUT2D eigenvalue weighted by atomic mass is 32.2. The van der Waals surface area contributed by atoms with Gasteiger partial charge in [-0.3, -0.25) is 4.79 Å². The van der Waals surface area contributed by atoms with Gasteiger partial charge in [0.15, 0.2) is 0 Å². The summed E-state index contributed by atoms with van der Waals surface area (Å²) in [6.07, 6.45) is 3.98. The number of aromatic amines is 1. The van der Waals surface area contributed by atoms with Crippen molar-refractivity contribution in [2.75, 3.05) is 26.7 Å². The van der Waals surface area contributed by atoms with Crippen molar-refractivity contribution in [3.8, 4) is 0 Å². The van der Waals surface area contributed by atoms with E-state index in [2.05, 4.69) is 34.5 Å². The van der Waals surface area contributed by atoms with Crippen LogP contribution in [0.15, 0.2) is 23.2 Å². The lowest BCUT2D eigenvalue weighted by molar-refractivity contribution is 0.124. The number of H-pyrrole nitrogens is 1. The lowest BCUT2D eigenvalue weighted by Crippen LogP contribution is -2.56. The highest BCUT2D eigenvalue weighted by molar-refractivity contribution is 8.13. The normalized spacial score (nSPS) is 23.6. The number of nitrogens with two attached hydrogens (primary N) is 1.